The maximum atomic E-state index is 12.4. The molecule has 0 spiro atoms. The smallest absolute Gasteiger partial charge is 0.233 e. The lowest BCUT2D eigenvalue weighted by molar-refractivity contribution is -0.131. The Morgan fingerprint density at radius 2 is 1.95 bits per heavy atom. The highest BCUT2D eigenvalue weighted by Gasteiger charge is 2.38. The Morgan fingerprint density at radius 1 is 1.32 bits per heavy atom. The van der Waals surface area contributed by atoms with Crippen molar-refractivity contribution in [3.05, 3.63) is 34.9 Å². The van der Waals surface area contributed by atoms with Crippen molar-refractivity contribution in [3.8, 4) is 6.07 Å². The van der Waals surface area contributed by atoms with E-state index in [1.807, 2.05) is 24.3 Å². The van der Waals surface area contributed by atoms with Crippen molar-refractivity contribution in [1.82, 2.24) is 4.90 Å². The molecule has 0 heterocycles. The Morgan fingerprint density at radius 3 is 2.55 bits per heavy atom. The average molecular weight is 337 g/mol. The molecule has 0 aromatic heterocycles. The second kappa shape index (κ2) is 7.89. The Labute approximate surface area is 141 Å². The molecule has 1 aromatic carbocycles. The van der Waals surface area contributed by atoms with E-state index in [2.05, 4.69) is 6.07 Å². The first-order chi connectivity index (χ1) is 10.6. The average Bonchev–Trinajstić information content (AvgIpc) is 2.56. The lowest BCUT2D eigenvalue weighted by Gasteiger charge is -2.39. The summed E-state index contributed by atoms with van der Waals surface area (Å²) in [6, 6.07) is 10.1. The van der Waals surface area contributed by atoms with E-state index < -0.39 is 5.54 Å². The number of hydrogen-bond donors (Lipinski definition) is 0. The van der Waals surface area contributed by atoms with Crippen molar-refractivity contribution in [1.29, 1.82) is 5.26 Å². The molecule has 1 aromatic rings. The Hall–Kier alpha value is -1.18. The van der Waals surface area contributed by atoms with Gasteiger partial charge in [0.05, 0.1) is 11.8 Å². The topological polar surface area (TPSA) is 44.1 Å². The van der Waals surface area contributed by atoms with Crippen molar-refractivity contribution in [2.45, 2.75) is 43.4 Å². The summed E-state index contributed by atoms with van der Waals surface area (Å²) in [6.07, 6.45) is 4.82. The van der Waals surface area contributed by atoms with E-state index in [1.54, 1.807) is 23.7 Å². The van der Waals surface area contributed by atoms with Gasteiger partial charge in [0.2, 0.25) is 5.91 Å². The molecule has 0 N–H and O–H groups in total. The van der Waals surface area contributed by atoms with Crippen LogP contribution in [0.2, 0.25) is 5.02 Å². The molecule has 1 fully saturated rings. The van der Waals surface area contributed by atoms with Crippen LogP contribution in [0.15, 0.2) is 24.3 Å². The lowest BCUT2D eigenvalue weighted by atomic mass is 9.81. The van der Waals surface area contributed by atoms with Gasteiger partial charge in [0.1, 0.15) is 5.54 Å². The highest BCUT2D eigenvalue weighted by molar-refractivity contribution is 7.99. The van der Waals surface area contributed by atoms with E-state index in [4.69, 9.17) is 11.6 Å². The Bertz CT molecular complexity index is 547. The van der Waals surface area contributed by atoms with Gasteiger partial charge in [-0.15, -0.1) is 11.8 Å². The molecule has 0 bridgehead atoms. The summed E-state index contributed by atoms with van der Waals surface area (Å²) in [7, 11) is 1.78. The zero-order valence-electron chi connectivity index (χ0n) is 12.8. The summed E-state index contributed by atoms with van der Waals surface area (Å²) in [5.74, 6) is 1.22. The molecule has 118 valence electrons. The monoisotopic (exact) mass is 336 g/mol. The molecule has 5 heteroatoms. The van der Waals surface area contributed by atoms with E-state index in [0.29, 0.717) is 5.75 Å². The molecule has 22 heavy (non-hydrogen) atoms. The summed E-state index contributed by atoms with van der Waals surface area (Å²) < 4.78 is 0. The molecule has 0 atom stereocenters. The molecule has 0 unspecified atom stereocenters. The van der Waals surface area contributed by atoms with Crippen molar-refractivity contribution in [3.63, 3.8) is 0 Å². The van der Waals surface area contributed by atoms with Crippen LogP contribution in [0.5, 0.6) is 0 Å². The number of thioether (sulfide) groups is 1. The van der Waals surface area contributed by atoms with Crippen LogP contribution >= 0.6 is 23.4 Å². The van der Waals surface area contributed by atoms with Gasteiger partial charge >= 0.3 is 0 Å². The SMILES string of the molecule is CN(C(=O)CSCc1ccc(Cl)cc1)C1(C#N)CCCCC1. The molecular formula is C17H21ClN2OS. The summed E-state index contributed by atoms with van der Waals surface area (Å²) in [4.78, 5) is 14.1. The molecule has 3 nitrogen and oxygen atoms in total. The quantitative estimate of drug-likeness (QED) is 0.807. The predicted octanol–water partition coefficient (Wildman–Crippen LogP) is 4.26. The van der Waals surface area contributed by atoms with Crippen molar-refractivity contribution in [2.24, 2.45) is 0 Å². The third-order valence-corrected chi connectivity index (χ3v) is 5.55. The van der Waals surface area contributed by atoms with E-state index in [0.717, 1.165) is 48.4 Å². The maximum absolute atomic E-state index is 12.4. The van der Waals surface area contributed by atoms with E-state index in [-0.39, 0.29) is 5.91 Å². The van der Waals surface area contributed by atoms with Crippen LogP contribution in [-0.4, -0.2) is 29.1 Å². The van der Waals surface area contributed by atoms with E-state index in [1.165, 1.54) is 0 Å². The van der Waals surface area contributed by atoms with E-state index >= 15 is 0 Å². The summed E-state index contributed by atoms with van der Waals surface area (Å²) >= 11 is 7.43. The van der Waals surface area contributed by atoms with Crippen molar-refractivity contribution < 1.29 is 4.79 Å². The summed E-state index contributed by atoms with van der Waals surface area (Å²) in [6.45, 7) is 0. The molecule has 1 aliphatic rings. The van der Waals surface area contributed by atoms with Crippen LogP contribution in [0.3, 0.4) is 0 Å². The van der Waals surface area contributed by atoms with Gasteiger partial charge in [-0.1, -0.05) is 43.0 Å². The van der Waals surface area contributed by atoms with Gasteiger partial charge in [0.15, 0.2) is 0 Å². The van der Waals surface area contributed by atoms with E-state index in [9.17, 15) is 10.1 Å². The van der Waals surface area contributed by atoms with Gasteiger partial charge in [0, 0.05) is 17.8 Å². The van der Waals surface area contributed by atoms with Gasteiger partial charge in [-0.2, -0.15) is 5.26 Å². The Kier molecular flexibility index (Phi) is 6.16. The highest BCUT2D eigenvalue weighted by Crippen LogP contribution is 2.32. The summed E-state index contributed by atoms with van der Waals surface area (Å²) in [5.41, 5.74) is 0.563. The minimum atomic E-state index is -0.587. The largest absolute Gasteiger partial charge is 0.326 e. The van der Waals surface area contributed by atoms with Crippen LogP contribution in [0, 0.1) is 11.3 Å². The van der Waals surface area contributed by atoms with Crippen LogP contribution in [-0.2, 0) is 10.5 Å². The molecule has 0 radical (unpaired) electrons. The molecule has 2 rings (SSSR count). The number of nitrogens with zero attached hydrogens (tertiary/aromatic N) is 2. The van der Waals surface area contributed by atoms with Crippen LogP contribution < -0.4 is 0 Å². The van der Waals surface area contributed by atoms with Gasteiger partial charge in [-0.05, 0) is 30.5 Å². The fourth-order valence-electron chi connectivity index (χ4n) is 2.83. The number of nitriles is 1. The molecular weight excluding hydrogens is 316 g/mol. The molecule has 0 aliphatic heterocycles. The van der Waals surface area contributed by atoms with Crippen molar-refractivity contribution >= 4 is 29.3 Å². The molecule has 0 saturated heterocycles. The number of rotatable bonds is 5. The third kappa shape index (κ3) is 4.18. The zero-order chi connectivity index (χ0) is 16.0. The normalized spacial score (nSPS) is 16.8. The van der Waals surface area contributed by atoms with Crippen molar-refractivity contribution in [2.75, 3.05) is 12.8 Å². The minimum absolute atomic E-state index is 0.0439. The number of halogens is 1. The highest BCUT2D eigenvalue weighted by atomic mass is 35.5. The fourth-order valence-corrected chi connectivity index (χ4v) is 3.86. The van der Waals surface area contributed by atoms with Gasteiger partial charge in [-0.25, -0.2) is 0 Å². The predicted molar refractivity (Wildman–Crippen MR) is 91.8 cm³/mol. The number of amides is 1. The second-order valence-corrected chi connectivity index (χ2v) is 7.20. The second-order valence-electron chi connectivity index (χ2n) is 5.78. The number of benzene rings is 1. The first kappa shape index (κ1) is 17.2. The number of carbonyl (C=O) groups is 1. The minimum Gasteiger partial charge on any atom is -0.326 e. The lowest BCUT2D eigenvalue weighted by Crippen LogP contribution is -2.50. The van der Waals surface area contributed by atoms with Gasteiger partial charge in [0.25, 0.3) is 0 Å². The van der Waals surface area contributed by atoms with Crippen LogP contribution in [0.1, 0.15) is 37.7 Å². The number of hydrogen-bond acceptors (Lipinski definition) is 3. The molecule has 1 saturated carbocycles. The van der Waals surface area contributed by atoms with Crippen LogP contribution in [0.25, 0.3) is 0 Å². The van der Waals surface area contributed by atoms with Crippen LogP contribution in [0.4, 0.5) is 0 Å². The Balaban J connectivity index is 1.86. The maximum Gasteiger partial charge on any atom is 0.233 e. The van der Waals surface area contributed by atoms with Gasteiger partial charge in [-0.3, -0.25) is 4.79 Å². The fraction of sp³-hybridized carbons (Fsp3) is 0.529. The molecule has 1 amide bonds. The number of carbonyl (C=O) groups excluding carboxylic acids is 1. The molecule has 1 aliphatic carbocycles. The van der Waals surface area contributed by atoms with Gasteiger partial charge < -0.3 is 4.90 Å². The zero-order valence-corrected chi connectivity index (χ0v) is 14.4. The summed E-state index contributed by atoms with van der Waals surface area (Å²) in [5, 5.41) is 10.2. The standard InChI is InChI=1S/C17H21ClN2OS/c1-20(17(13-19)9-3-2-4-10-17)16(21)12-22-11-14-5-7-15(18)8-6-14/h5-8H,2-4,9-12H2,1H3. The first-order valence-electron chi connectivity index (χ1n) is 7.57. The third-order valence-electron chi connectivity index (χ3n) is 4.31. The first-order valence-corrected chi connectivity index (χ1v) is 9.11.